The van der Waals surface area contributed by atoms with Gasteiger partial charge in [0.05, 0.1) is 12.2 Å². The predicted molar refractivity (Wildman–Crippen MR) is 65.4 cm³/mol. The van der Waals surface area contributed by atoms with Crippen LogP contribution in [-0.4, -0.2) is 27.5 Å². The van der Waals surface area contributed by atoms with E-state index in [1.165, 1.54) is 0 Å². The van der Waals surface area contributed by atoms with Crippen molar-refractivity contribution in [1.29, 1.82) is 0 Å². The summed E-state index contributed by atoms with van der Waals surface area (Å²) in [5, 5.41) is 8.12. The summed E-state index contributed by atoms with van der Waals surface area (Å²) in [4.78, 5) is 13.7. The highest BCUT2D eigenvalue weighted by Crippen LogP contribution is 2.25. The Morgan fingerprint density at radius 1 is 1.47 bits per heavy atom. The highest BCUT2D eigenvalue weighted by Gasteiger charge is 2.31. The highest BCUT2D eigenvalue weighted by atomic mass is 35.5. The van der Waals surface area contributed by atoms with Crippen molar-refractivity contribution in [2.24, 2.45) is 11.8 Å². The zero-order valence-corrected chi connectivity index (χ0v) is 10.8. The SMILES string of the molecule is CC(C)C1CC(=O)N(Cc2ccc(Cl)nn2)C1. The van der Waals surface area contributed by atoms with Crippen LogP contribution in [0.1, 0.15) is 26.0 Å². The van der Waals surface area contributed by atoms with Crippen LogP contribution in [0.3, 0.4) is 0 Å². The molecule has 0 bridgehead atoms. The molecule has 1 fully saturated rings. The number of amides is 1. The van der Waals surface area contributed by atoms with Crippen LogP contribution in [-0.2, 0) is 11.3 Å². The van der Waals surface area contributed by atoms with E-state index in [2.05, 4.69) is 24.0 Å². The average molecular weight is 254 g/mol. The molecular weight excluding hydrogens is 238 g/mol. The number of aromatic nitrogens is 2. The van der Waals surface area contributed by atoms with Crippen molar-refractivity contribution in [2.75, 3.05) is 6.54 Å². The Bertz CT molecular complexity index is 405. The van der Waals surface area contributed by atoms with Crippen LogP contribution in [0.15, 0.2) is 12.1 Å². The van der Waals surface area contributed by atoms with E-state index in [0.29, 0.717) is 30.0 Å². The van der Waals surface area contributed by atoms with E-state index in [1.807, 2.05) is 11.0 Å². The standard InChI is InChI=1S/C12H16ClN3O/c1-8(2)9-5-12(17)16(6-9)7-10-3-4-11(13)15-14-10/h3-4,8-9H,5-7H2,1-2H3. The number of likely N-dealkylation sites (tertiary alicyclic amines) is 1. The Hall–Kier alpha value is -1.16. The van der Waals surface area contributed by atoms with E-state index in [4.69, 9.17) is 11.6 Å². The van der Waals surface area contributed by atoms with Crippen LogP contribution in [0.25, 0.3) is 0 Å². The quantitative estimate of drug-likeness (QED) is 0.829. The Morgan fingerprint density at radius 2 is 2.24 bits per heavy atom. The molecule has 4 nitrogen and oxygen atoms in total. The fraction of sp³-hybridized carbons (Fsp3) is 0.583. The number of halogens is 1. The minimum absolute atomic E-state index is 0.209. The Morgan fingerprint density at radius 3 is 2.76 bits per heavy atom. The lowest BCUT2D eigenvalue weighted by Crippen LogP contribution is -2.25. The van der Waals surface area contributed by atoms with Gasteiger partial charge in [0.25, 0.3) is 0 Å². The molecule has 0 aromatic carbocycles. The number of carbonyl (C=O) groups is 1. The Labute approximate surface area is 106 Å². The minimum Gasteiger partial charge on any atom is -0.336 e. The number of nitrogens with zero attached hydrogens (tertiary/aromatic N) is 3. The first-order chi connectivity index (χ1) is 8.06. The molecular formula is C12H16ClN3O. The number of carbonyl (C=O) groups excluding carboxylic acids is 1. The van der Waals surface area contributed by atoms with Gasteiger partial charge in [-0.15, -0.1) is 5.10 Å². The largest absolute Gasteiger partial charge is 0.336 e. The lowest BCUT2D eigenvalue weighted by molar-refractivity contribution is -0.128. The number of rotatable bonds is 3. The van der Waals surface area contributed by atoms with E-state index in [9.17, 15) is 4.79 Å². The lowest BCUT2D eigenvalue weighted by atomic mass is 9.95. The minimum atomic E-state index is 0.209. The van der Waals surface area contributed by atoms with Crippen LogP contribution in [0, 0.1) is 11.8 Å². The molecule has 1 aromatic heterocycles. The molecule has 1 saturated heterocycles. The third-order valence-electron chi connectivity index (χ3n) is 3.23. The smallest absolute Gasteiger partial charge is 0.223 e. The zero-order chi connectivity index (χ0) is 12.4. The maximum absolute atomic E-state index is 11.8. The van der Waals surface area contributed by atoms with Crippen LogP contribution in [0.4, 0.5) is 0 Å². The maximum Gasteiger partial charge on any atom is 0.223 e. The summed E-state index contributed by atoms with van der Waals surface area (Å²) >= 11 is 5.67. The molecule has 5 heteroatoms. The fourth-order valence-electron chi connectivity index (χ4n) is 2.03. The van der Waals surface area contributed by atoms with Gasteiger partial charge in [-0.1, -0.05) is 25.4 Å². The molecule has 92 valence electrons. The second-order valence-corrected chi connectivity index (χ2v) is 5.22. The van der Waals surface area contributed by atoms with Crippen molar-refractivity contribution in [3.63, 3.8) is 0 Å². The zero-order valence-electron chi connectivity index (χ0n) is 10.1. The number of hydrogen-bond acceptors (Lipinski definition) is 3. The molecule has 1 aliphatic heterocycles. The molecule has 2 heterocycles. The second-order valence-electron chi connectivity index (χ2n) is 4.83. The van der Waals surface area contributed by atoms with Crippen molar-refractivity contribution in [3.8, 4) is 0 Å². The van der Waals surface area contributed by atoms with Gasteiger partial charge in [0.2, 0.25) is 5.91 Å². The summed E-state index contributed by atoms with van der Waals surface area (Å²) in [6.07, 6.45) is 0.651. The normalized spacial score (nSPS) is 20.4. The van der Waals surface area contributed by atoms with Crippen LogP contribution in [0.2, 0.25) is 5.15 Å². The first-order valence-corrected chi connectivity index (χ1v) is 6.20. The van der Waals surface area contributed by atoms with Gasteiger partial charge < -0.3 is 4.90 Å². The van der Waals surface area contributed by atoms with Crippen molar-refractivity contribution >= 4 is 17.5 Å². The fourth-order valence-corrected chi connectivity index (χ4v) is 2.13. The van der Waals surface area contributed by atoms with Gasteiger partial charge in [0.1, 0.15) is 0 Å². The van der Waals surface area contributed by atoms with Gasteiger partial charge in [0, 0.05) is 13.0 Å². The van der Waals surface area contributed by atoms with Crippen molar-refractivity contribution < 1.29 is 4.79 Å². The molecule has 0 spiro atoms. The number of hydrogen-bond donors (Lipinski definition) is 0. The molecule has 0 radical (unpaired) electrons. The highest BCUT2D eigenvalue weighted by molar-refractivity contribution is 6.29. The van der Waals surface area contributed by atoms with Gasteiger partial charge in [-0.3, -0.25) is 4.79 Å². The predicted octanol–water partition coefficient (Wildman–Crippen LogP) is 2.13. The van der Waals surface area contributed by atoms with Crippen molar-refractivity contribution in [1.82, 2.24) is 15.1 Å². The van der Waals surface area contributed by atoms with Crippen LogP contribution in [0.5, 0.6) is 0 Å². The summed E-state index contributed by atoms with van der Waals surface area (Å²) in [5.41, 5.74) is 0.784. The lowest BCUT2D eigenvalue weighted by Gasteiger charge is -2.17. The third kappa shape index (κ3) is 2.94. The van der Waals surface area contributed by atoms with Gasteiger partial charge in [-0.05, 0) is 24.0 Å². The first-order valence-electron chi connectivity index (χ1n) is 5.82. The van der Waals surface area contributed by atoms with E-state index in [-0.39, 0.29) is 5.91 Å². The molecule has 1 amide bonds. The van der Waals surface area contributed by atoms with Crippen LogP contribution >= 0.6 is 11.6 Å². The van der Waals surface area contributed by atoms with E-state index in [0.717, 1.165) is 12.2 Å². The molecule has 1 unspecified atom stereocenters. The van der Waals surface area contributed by atoms with Gasteiger partial charge in [-0.25, -0.2) is 0 Å². The molecule has 0 saturated carbocycles. The van der Waals surface area contributed by atoms with Crippen molar-refractivity contribution in [2.45, 2.75) is 26.8 Å². The summed E-state index contributed by atoms with van der Waals surface area (Å²) in [7, 11) is 0. The van der Waals surface area contributed by atoms with Crippen molar-refractivity contribution in [3.05, 3.63) is 23.0 Å². The topological polar surface area (TPSA) is 46.1 Å². The Kier molecular flexibility index (Phi) is 3.62. The van der Waals surface area contributed by atoms with Gasteiger partial charge in [-0.2, -0.15) is 5.10 Å². The maximum atomic E-state index is 11.8. The Balaban J connectivity index is 2.00. The van der Waals surface area contributed by atoms with E-state index >= 15 is 0 Å². The van der Waals surface area contributed by atoms with E-state index in [1.54, 1.807) is 6.07 Å². The molecule has 17 heavy (non-hydrogen) atoms. The molecule has 1 atom stereocenters. The summed E-state index contributed by atoms with van der Waals surface area (Å²) in [6, 6.07) is 3.51. The molecule has 0 N–H and O–H groups in total. The summed E-state index contributed by atoms with van der Waals surface area (Å²) in [5.74, 6) is 1.21. The molecule has 1 aliphatic rings. The van der Waals surface area contributed by atoms with Crippen LogP contribution < -0.4 is 0 Å². The molecule has 2 rings (SSSR count). The first kappa shape index (κ1) is 12.3. The van der Waals surface area contributed by atoms with Gasteiger partial charge >= 0.3 is 0 Å². The third-order valence-corrected chi connectivity index (χ3v) is 3.43. The second kappa shape index (κ2) is 5.00. The van der Waals surface area contributed by atoms with E-state index < -0.39 is 0 Å². The summed E-state index contributed by atoms with van der Waals surface area (Å²) in [6.45, 7) is 5.67. The average Bonchev–Trinajstić information content (AvgIpc) is 2.64. The summed E-state index contributed by atoms with van der Waals surface area (Å²) < 4.78 is 0. The molecule has 0 aliphatic carbocycles. The monoisotopic (exact) mass is 253 g/mol. The van der Waals surface area contributed by atoms with Gasteiger partial charge in [0.15, 0.2) is 5.15 Å². The molecule has 1 aromatic rings.